The van der Waals surface area contributed by atoms with Gasteiger partial charge in [0.15, 0.2) is 5.78 Å². The van der Waals surface area contributed by atoms with Gasteiger partial charge in [0.2, 0.25) is 0 Å². The lowest BCUT2D eigenvalue weighted by Gasteiger charge is -2.09. The van der Waals surface area contributed by atoms with Crippen LogP contribution in [0.25, 0.3) is 0 Å². The molecule has 0 N–H and O–H groups in total. The monoisotopic (exact) mass is 166 g/mol. The van der Waals surface area contributed by atoms with Gasteiger partial charge in [-0.1, -0.05) is 20.8 Å². The Morgan fingerprint density at radius 2 is 1.73 bits per heavy atom. The van der Waals surface area contributed by atoms with Crippen molar-refractivity contribution >= 4 is 5.78 Å². The lowest BCUT2D eigenvalue weighted by atomic mass is 10.1. The Balaban J connectivity index is 0. The molecule has 0 aliphatic carbocycles. The van der Waals surface area contributed by atoms with Crippen molar-refractivity contribution in [2.45, 2.75) is 46.5 Å². The third kappa shape index (κ3) is 5.95. The van der Waals surface area contributed by atoms with E-state index in [4.69, 9.17) is 0 Å². The summed E-state index contributed by atoms with van der Waals surface area (Å²) in [7, 11) is 0. The molecule has 0 fully saturated rings. The second-order valence-corrected chi connectivity index (χ2v) is 2.01. The lowest BCUT2D eigenvalue weighted by molar-refractivity contribution is -0.141. The molecule has 11 heavy (non-hydrogen) atoms. The molecule has 0 spiro atoms. The van der Waals surface area contributed by atoms with Gasteiger partial charge in [-0.2, -0.15) is 8.78 Å². The fourth-order valence-corrected chi connectivity index (χ4v) is 0.490. The molecule has 0 rings (SSSR count). The van der Waals surface area contributed by atoms with Crippen LogP contribution >= 0.6 is 0 Å². The molecule has 68 valence electrons. The number of ketones is 1. The predicted octanol–water partition coefficient (Wildman–Crippen LogP) is 3.04. The van der Waals surface area contributed by atoms with Crippen molar-refractivity contribution < 1.29 is 13.6 Å². The molecule has 0 aliphatic rings. The summed E-state index contributed by atoms with van der Waals surface area (Å²) in [6.07, 6.45) is 0.00884. The third-order valence-electron chi connectivity index (χ3n) is 1.08. The summed E-state index contributed by atoms with van der Waals surface area (Å²) in [6.45, 7) is 6.53. The van der Waals surface area contributed by atoms with Gasteiger partial charge in [-0.15, -0.1) is 0 Å². The second-order valence-electron chi connectivity index (χ2n) is 2.01. The molecule has 0 unspecified atom stereocenters. The third-order valence-corrected chi connectivity index (χ3v) is 1.08. The molecule has 0 radical (unpaired) electrons. The lowest BCUT2D eigenvalue weighted by Crippen LogP contribution is -2.25. The van der Waals surface area contributed by atoms with Crippen molar-refractivity contribution in [2.75, 3.05) is 0 Å². The first-order valence-corrected chi connectivity index (χ1v) is 3.89. The van der Waals surface area contributed by atoms with Crippen molar-refractivity contribution in [3.05, 3.63) is 0 Å². The Labute approximate surface area is 66.8 Å². The highest BCUT2D eigenvalue weighted by Gasteiger charge is 2.33. The first kappa shape index (κ1) is 13.1. The van der Waals surface area contributed by atoms with Crippen LogP contribution in [0.2, 0.25) is 0 Å². The van der Waals surface area contributed by atoms with Crippen LogP contribution in [-0.2, 0) is 4.79 Å². The zero-order valence-electron chi connectivity index (χ0n) is 7.58. The standard InChI is InChI=1S/C6H10F2O.C2H6/c1-3-4-6(7,8)5(2)9;1-2/h3-4H2,1-2H3;1-2H3. The highest BCUT2D eigenvalue weighted by Crippen LogP contribution is 2.20. The van der Waals surface area contributed by atoms with Crippen LogP contribution in [0, 0.1) is 0 Å². The van der Waals surface area contributed by atoms with E-state index in [9.17, 15) is 13.6 Å². The van der Waals surface area contributed by atoms with E-state index in [1.807, 2.05) is 13.8 Å². The Morgan fingerprint density at radius 1 is 1.36 bits per heavy atom. The SMILES string of the molecule is CC.CCCC(F)(F)C(C)=O. The van der Waals surface area contributed by atoms with Crippen molar-refractivity contribution in [3.63, 3.8) is 0 Å². The maximum absolute atomic E-state index is 12.2. The van der Waals surface area contributed by atoms with Crippen molar-refractivity contribution in [2.24, 2.45) is 0 Å². The number of hydrogen-bond donors (Lipinski definition) is 0. The van der Waals surface area contributed by atoms with Gasteiger partial charge in [0, 0.05) is 13.3 Å². The zero-order valence-corrected chi connectivity index (χ0v) is 7.58. The molecular formula is C8H16F2O. The van der Waals surface area contributed by atoms with E-state index in [1.54, 1.807) is 6.92 Å². The summed E-state index contributed by atoms with van der Waals surface area (Å²) < 4.78 is 24.4. The van der Waals surface area contributed by atoms with Gasteiger partial charge in [-0.3, -0.25) is 4.79 Å². The molecule has 0 heterocycles. The van der Waals surface area contributed by atoms with Crippen LogP contribution in [0.4, 0.5) is 8.78 Å². The number of halogens is 2. The number of hydrogen-bond acceptors (Lipinski definition) is 1. The largest absolute Gasteiger partial charge is 0.304 e. The van der Waals surface area contributed by atoms with Gasteiger partial charge in [-0.05, 0) is 6.42 Å². The second kappa shape index (κ2) is 6.25. The van der Waals surface area contributed by atoms with Crippen LogP contribution in [0.1, 0.15) is 40.5 Å². The summed E-state index contributed by atoms with van der Waals surface area (Å²) in [5, 5.41) is 0. The quantitative estimate of drug-likeness (QED) is 0.629. The molecule has 0 saturated carbocycles. The van der Waals surface area contributed by atoms with Gasteiger partial charge in [0.25, 0.3) is 0 Å². The zero-order chi connectivity index (χ0) is 9.49. The van der Waals surface area contributed by atoms with E-state index < -0.39 is 11.7 Å². The fourth-order valence-electron chi connectivity index (χ4n) is 0.490. The minimum absolute atomic E-state index is 0.331. The van der Waals surface area contributed by atoms with E-state index in [-0.39, 0.29) is 6.42 Å². The van der Waals surface area contributed by atoms with Gasteiger partial charge in [0.1, 0.15) is 0 Å². The molecule has 1 nitrogen and oxygen atoms in total. The number of carbonyl (C=O) groups is 1. The maximum Gasteiger partial charge on any atom is 0.304 e. The van der Waals surface area contributed by atoms with Crippen LogP contribution in [0.15, 0.2) is 0 Å². The Bertz CT molecular complexity index is 111. The van der Waals surface area contributed by atoms with Crippen LogP contribution in [-0.4, -0.2) is 11.7 Å². The molecule has 0 aromatic heterocycles. The summed E-state index contributed by atoms with van der Waals surface area (Å²) in [4.78, 5) is 10.1. The van der Waals surface area contributed by atoms with E-state index in [0.717, 1.165) is 6.92 Å². The molecule has 0 aromatic carbocycles. The Kier molecular flexibility index (Phi) is 7.47. The highest BCUT2D eigenvalue weighted by molar-refractivity contribution is 5.82. The van der Waals surface area contributed by atoms with Crippen molar-refractivity contribution in [3.8, 4) is 0 Å². The Morgan fingerprint density at radius 3 is 1.82 bits per heavy atom. The van der Waals surface area contributed by atoms with E-state index in [0.29, 0.717) is 6.42 Å². The topological polar surface area (TPSA) is 17.1 Å². The molecule has 0 amide bonds. The van der Waals surface area contributed by atoms with Crippen molar-refractivity contribution in [1.82, 2.24) is 0 Å². The molecule has 0 aliphatic heterocycles. The maximum atomic E-state index is 12.2. The summed E-state index contributed by atoms with van der Waals surface area (Å²) in [6, 6.07) is 0. The number of alkyl halides is 2. The van der Waals surface area contributed by atoms with Gasteiger partial charge >= 0.3 is 5.92 Å². The summed E-state index contributed by atoms with van der Waals surface area (Å²) >= 11 is 0. The first-order chi connectivity index (χ1) is 5.00. The van der Waals surface area contributed by atoms with Crippen molar-refractivity contribution in [1.29, 1.82) is 0 Å². The molecule has 3 heteroatoms. The highest BCUT2D eigenvalue weighted by atomic mass is 19.3. The van der Waals surface area contributed by atoms with Crippen LogP contribution < -0.4 is 0 Å². The van der Waals surface area contributed by atoms with Gasteiger partial charge in [0.05, 0.1) is 0 Å². The minimum Gasteiger partial charge on any atom is -0.293 e. The summed E-state index contributed by atoms with van der Waals surface area (Å²) in [5.74, 6) is -4.13. The number of Topliss-reactive ketones (excluding diaryl/α,β-unsaturated/α-hetero) is 1. The molecular weight excluding hydrogens is 150 g/mol. The van der Waals surface area contributed by atoms with Gasteiger partial charge in [-0.25, -0.2) is 0 Å². The molecule has 0 bridgehead atoms. The van der Waals surface area contributed by atoms with E-state index in [2.05, 4.69) is 0 Å². The fraction of sp³-hybridized carbons (Fsp3) is 0.875. The van der Waals surface area contributed by atoms with Gasteiger partial charge < -0.3 is 0 Å². The van der Waals surface area contributed by atoms with E-state index in [1.165, 1.54) is 0 Å². The Hall–Kier alpha value is -0.470. The average molecular weight is 166 g/mol. The van der Waals surface area contributed by atoms with Crippen LogP contribution in [0.5, 0.6) is 0 Å². The number of carbonyl (C=O) groups excluding carboxylic acids is 1. The minimum atomic E-state index is -3.09. The molecule has 0 atom stereocenters. The molecule has 0 aromatic rings. The van der Waals surface area contributed by atoms with Crippen LogP contribution in [0.3, 0.4) is 0 Å². The normalized spacial score (nSPS) is 10.0. The summed E-state index contributed by atoms with van der Waals surface area (Å²) in [5.41, 5.74) is 0. The smallest absolute Gasteiger partial charge is 0.293 e. The average Bonchev–Trinajstić information content (AvgIpc) is 1.92. The molecule has 0 saturated heterocycles. The number of rotatable bonds is 3. The predicted molar refractivity (Wildman–Crippen MR) is 41.9 cm³/mol. The van der Waals surface area contributed by atoms with E-state index >= 15 is 0 Å². The first-order valence-electron chi connectivity index (χ1n) is 3.89.